The van der Waals surface area contributed by atoms with E-state index in [4.69, 9.17) is 0 Å². The zero-order chi connectivity index (χ0) is 20.4. The van der Waals surface area contributed by atoms with Crippen molar-refractivity contribution < 1.29 is 18.0 Å². The van der Waals surface area contributed by atoms with Crippen molar-refractivity contribution in [3.63, 3.8) is 0 Å². The lowest BCUT2D eigenvalue weighted by Crippen LogP contribution is -2.14. The van der Waals surface area contributed by atoms with E-state index in [-0.39, 0.29) is 11.5 Å². The monoisotopic (exact) mass is 394 g/mol. The van der Waals surface area contributed by atoms with Crippen LogP contribution in [-0.2, 0) is 6.18 Å². The third kappa shape index (κ3) is 3.91. The van der Waals surface area contributed by atoms with Gasteiger partial charge in [-0.15, -0.1) is 0 Å². The molecule has 0 spiro atoms. The number of anilines is 1. The number of pyridine rings is 1. The molecule has 0 saturated heterocycles. The minimum Gasteiger partial charge on any atom is -0.304 e. The Morgan fingerprint density at radius 1 is 0.966 bits per heavy atom. The second-order valence-corrected chi connectivity index (χ2v) is 6.20. The molecule has 0 radical (unpaired) electrons. The van der Waals surface area contributed by atoms with Crippen LogP contribution in [0.25, 0.3) is 22.0 Å². The number of halogens is 3. The third-order valence-electron chi connectivity index (χ3n) is 4.26. The van der Waals surface area contributed by atoms with Crippen molar-refractivity contribution in [1.82, 2.24) is 15.0 Å². The molecule has 8 heteroatoms. The standard InChI is InChI=1S/C21H13F3N4O/c22-21(23,24)15-5-1-4-14(11-15)16-6-2-3-13-7-8-17(27-19(13)16)20(29)28-18-12-25-9-10-26-18/h1-12H,(H,26,28,29). The Labute approximate surface area is 163 Å². The Bertz CT molecular complexity index is 1190. The maximum absolute atomic E-state index is 13.1. The summed E-state index contributed by atoms with van der Waals surface area (Å²) in [6.07, 6.45) is -0.136. The summed E-state index contributed by atoms with van der Waals surface area (Å²) in [5.74, 6) is -0.225. The molecule has 2 aromatic carbocycles. The number of hydrogen-bond acceptors (Lipinski definition) is 4. The quantitative estimate of drug-likeness (QED) is 0.533. The number of alkyl halides is 3. The molecule has 0 unspecified atom stereocenters. The van der Waals surface area contributed by atoms with Crippen molar-refractivity contribution in [2.24, 2.45) is 0 Å². The van der Waals surface area contributed by atoms with Crippen LogP contribution in [0.3, 0.4) is 0 Å². The number of carbonyl (C=O) groups excluding carboxylic acids is 1. The summed E-state index contributed by atoms with van der Waals surface area (Å²) >= 11 is 0. The minimum absolute atomic E-state index is 0.113. The minimum atomic E-state index is -4.45. The SMILES string of the molecule is O=C(Nc1cnccn1)c1ccc2cccc(-c3cccc(C(F)(F)F)c3)c2n1. The van der Waals surface area contributed by atoms with Gasteiger partial charge in [0.2, 0.25) is 0 Å². The van der Waals surface area contributed by atoms with E-state index in [1.807, 2.05) is 0 Å². The fraction of sp³-hybridized carbons (Fsp3) is 0.0476. The van der Waals surface area contributed by atoms with Gasteiger partial charge in [0.1, 0.15) is 5.69 Å². The van der Waals surface area contributed by atoms with Crippen molar-refractivity contribution in [3.8, 4) is 11.1 Å². The second kappa shape index (κ2) is 7.31. The van der Waals surface area contributed by atoms with E-state index in [1.54, 1.807) is 36.4 Å². The van der Waals surface area contributed by atoms with Gasteiger partial charge in [0.25, 0.3) is 5.91 Å². The van der Waals surface area contributed by atoms with Crippen LogP contribution in [0.2, 0.25) is 0 Å². The normalized spacial score (nSPS) is 11.4. The molecular weight excluding hydrogens is 381 g/mol. The van der Waals surface area contributed by atoms with Crippen LogP contribution < -0.4 is 5.32 Å². The van der Waals surface area contributed by atoms with E-state index < -0.39 is 17.6 Å². The summed E-state index contributed by atoms with van der Waals surface area (Å²) in [7, 11) is 0. The van der Waals surface area contributed by atoms with Crippen molar-refractivity contribution in [2.45, 2.75) is 6.18 Å². The van der Waals surface area contributed by atoms with Crippen LogP contribution >= 0.6 is 0 Å². The summed E-state index contributed by atoms with van der Waals surface area (Å²) in [4.78, 5) is 24.7. The first kappa shape index (κ1) is 18.5. The van der Waals surface area contributed by atoms with Crippen molar-refractivity contribution in [1.29, 1.82) is 0 Å². The lowest BCUT2D eigenvalue weighted by atomic mass is 9.99. The molecule has 5 nitrogen and oxygen atoms in total. The summed E-state index contributed by atoms with van der Waals surface area (Å²) < 4.78 is 39.3. The van der Waals surface area contributed by atoms with Gasteiger partial charge < -0.3 is 5.32 Å². The molecule has 1 N–H and O–H groups in total. The second-order valence-electron chi connectivity index (χ2n) is 6.20. The van der Waals surface area contributed by atoms with Gasteiger partial charge in [0.15, 0.2) is 5.82 Å². The first-order chi connectivity index (χ1) is 13.9. The number of rotatable bonds is 3. The van der Waals surface area contributed by atoms with Crippen LogP contribution in [0.4, 0.5) is 19.0 Å². The topological polar surface area (TPSA) is 67.8 Å². The van der Waals surface area contributed by atoms with Crippen LogP contribution in [0.5, 0.6) is 0 Å². The van der Waals surface area contributed by atoms with E-state index in [0.717, 1.165) is 12.1 Å². The van der Waals surface area contributed by atoms with E-state index in [1.165, 1.54) is 24.7 Å². The number of para-hydroxylation sites is 1. The molecule has 2 aromatic heterocycles. The highest BCUT2D eigenvalue weighted by Crippen LogP contribution is 2.34. The molecule has 0 atom stereocenters. The fourth-order valence-electron chi connectivity index (χ4n) is 2.91. The molecule has 1 amide bonds. The summed E-state index contributed by atoms with van der Waals surface area (Å²) in [6.45, 7) is 0. The third-order valence-corrected chi connectivity index (χ3v) is 4.26. The molecule has 0 aliphatic carbocycles. The first-order valence-electron chi connectivity index (χ1n) is 8.56. The molecule has 0 aliphatic heterocycles. The first-order valence-corrected chi connectivity index (χ1v) is 8.56. The highest BCUT2D eigenvalue weighted by atomic mass is 19.4. The van der Waals surface area contributed by atoms with Gasteiger partial charge in [-0.05, 0) is 23.8 Å². The molecule has 2 heterocycles. The molecular formula is C21H13F3N4O. The largest absolute Gasteiger partial charge is 0.416 e. The number of nitrogens with one attached hydrogen (secondary N) is 1. The van der Waals surface area contributed by atoms with Gasteiger partial charge in [-0.1, -0.05) is 36.4 Å². The molecule has 144 valence electrons. The molecule has 4 aromatic rings. The number of nitrogens with zero attached hydrogens (tertiary/aromatic N) is 3. The van der Waals surface area contributed by atoms with Crippen LogP contribution in [0, 0.1) is 0 Å². The van der Waals surface area contributed by atoms with E-state index in [9.17, 15) is 18.0 Å². The lowest BCUT2D eigenvalue weighted by molar-refractivity contribution is -0.137. The summed E-state index contributed by atoms with van der Waals surface area (Å²) in [5, 5.41) is 3.29. The van der Waals surface area contributed by atoms with Crippen molar-refractivity contribution >= 4 is 22.6 Å². The molecule has 0 bridgehead atoms. The maximum atomic E-state index is 13.1. The fourth-order valence-corrected chi connectivity index (χ4v) is 2.91. The zero-order valence-electron chi connectivity index (χ0n) is 14.8. The highest BCUT2D eigenvalue weighted by molar-refractivity contribution is 6.04. The Hall–Kier alpha value is -3.81. The van der Waals surface area contributed by atoms with Crippen molar-refractivity contribution in [3.05, 3.63) is 84.4 Å². The summed E-state index contributed by atoms with van der Waals surface area (Å²) in [6, 6.07) is 13.5. The zero-order valence-corrected chi connectivity index (χ0v) is 14.8. The van der Waals surface area contributed by atoms with Gasteiger partial charge in [-0.3, -0.25) is 9.78 Å². The van der Waals surface area contributed by atoms with Gasteiger partial charge >= 0.3 is 6.18 Å². The maximum Gasteiger partial charge on any atom is 0.416 e. The molecule has 0 saturated carbocycles. The smallest absolute Gasteiger partial charge is 0.304 e. The van der Waals surface area contributed by atoms with E-state index >= 15 is 0 Å². The molecule has 0 fully saturated rings. The number of carbonyl (C=O) groups is 1. The van der Waals surface area contributed by atoms with Crippen LogP contribution in [0.15, 0.2) is 73.2 Å². The Kier molecular flexibility index (Phi) is 4.67. The predicted molar refractivity (Wildman–Crippen MR) is 102 cm³/mol. The van der Waals surface area contributed by atoms with Gasteiger partial charge in [-0.2, -0.15) is 13.2 Å². The van der Waals surface area contributed by atoms with Gasteiger partial charge in [-0.25, -0.2) is 9.97 Å². The average molecular weight is 394 g/mol. The van der Waals surface area contributed by atoms with Crippen LogP contribution in [0.1, 0.15) is 16.1 Å². The van der Waals surface area contributed by atoms with E-state index in [2.05, 4.69) is 20.3 Å². The average Bonchev–Trinajstić information content (AvgIpc) is 2.73. The Morgan fingerprint density at radius 2 is 1.79 bits per heavy atom. The number of benzene rings is 2. The lowest BCUT2D eigenvalue weighted by Gasteiger charge is -2.11. The highest BCUT2D eigenvalue weighted by Gasteiger charge is 2.30. The number of amides is 1. The molecule has 4 rings (SSSR count). The predicted octanol–water partition coefficient (Wildman–Crippen LogP) is 4.96. The molecule has 29 heavy (non-hydrogen) atoms. The number of aromatic nitrogens is 3. The number of hydrogen-bond donors (Lipinski definition) is 1. The van der Waals surface area contributed by atoms with Crippen LogP contribution in [-0.4, -0.2) is 20.9 Å². The van der Waals surface area contributed by atoms with Gasteiger partial charge in [0.05, 0.1) is 17.3 Å². The Morgan fingerprint density at radius 3 is 2.55 bits per heavy atom. The van der Waals surface area contributed by atoms with E-state index in [0.29, 0.717) is 22.0 Å². The summed E-state index contributed by atoms with van der Waals surface area (Å²) in [5.41, 5.74) is 0.664. The van der Waals surface area contributed by atoms with Gasteiger partial charge in [0, 0.05) is 23.3 Å². The Balaban J connectivity index is 1.76. The van der Waals surface area contributed by atoms with Crippen molar-refractivity contribution in [2.75, 3.05) is 5.32 Å². The number of fused-ring (bicyclic) bond motifs is 1. The molecule has 0 aliphatic rings.